The summed E-state index contributed by atoms with van der Waals surface area (Å²) in [5.41, 5.74) is 1.24. The van der Waals surface area contributed by atoms with Crippen molar-refractivity contribution in [3.05, 3.63) is 64.1 Å². The van der Waals surface area contributed by atoms with Crippen LogP contribution in [0.4, 0.5) is 4.39 Å². The third-order valence-electron chi connectivity index (χ3n) is 3.19. The summed E-state index contributed by atoms with van der Waals surface area (Å²) < 4.78 is 13.5. The number of nitrogens with zero attached hydrogens (tertiary/aromatic N) is 2. The Balaban J connectivity index is 2.20. The number of amides is 1. The maximum absolute atomic E-state index is 12.9. The fraction of sp³-hybridized carbons (Fsp3) is 0.200. The summed E-state index contributed by atoms with van der Waals surface area (Å²) in [6.07, 6.45) is 0. The van der Waals surface area contributed by atoms with Crippen molar-refractivity contribution in [1.29, 1.82) is 0 Å². The Bertz CT molecular complexity index is 616. The number of aromatic nitrogens is 1. The van der Waals surface area contributed by atoms with Gasteiger partial charge in [-0.05, 0) is 52.7 Å². The molecule has 0 bridgehead atoms. The Morgan fingerprint density at radius 2 is 1.90 bits per heavy atom. The van der Waals surface area contributed by atoms with Crippen molar-refractivity contribution < 1.29 is 9.18 Å². The molecule has 3 nitrogen and oxygen atoms in total. The third-order valence-corrected chi connectivity index (χ3v) is 3.63. The molecule has 5 heteroatoms. The van der Waals surface area contributed by atoms with Gasteiger partial charge in [-0.1, -0.05) is 18.2 Å². The van der Waals surface area contributed by atoms with Crippen LogP contribution in [0.15, 0.2) is 47.1 Å². The number of pyridine rings is 1. The molecule has 0 saturated heterocycles. The smallest absolute Gasteiger partial charge is 0.272 e. The summed E-state index contributed by atoms with van der Waals surface area (Å²) in [4.78, 5) is 18.1. The van der Waals surface area contributed by atoms with E-state index in [2.05, 4.69) is 20.9 Å². The standard InChI is InChI=1S/C15H14BrFN2O/c1-10(11-6-8-12(17)9-7-11)19(2)15(20)13-4-3-5-14(16)18-13/h3-10H,1-2H3. The molecule has 0 fully saturated rings. The molecule has 1 aromatic heterocycles. The van der Waals surface area contributed by atoms with Gasteiger partial charge in [0, 0.05) is 7.05 Å². The largest absolute Gasteiger partial charge is 0.334 e. The number of rotatable bonds is 3. The van der Waals surface area contributed by atoms with Crippen molar-refractivity contribution in [2.75, 3.05) is 7.05 Å². The summed E-state index contributed by atoms with van der Waals surface area (Å²) >= 11 is 3.25. The van der Waals surface area contributed by atoms with E-state index in [1.54, 1.807) is 42.3 Å². The number of carbonyl (C=O) groups excluding carboxylic acids is 1. The van der Waals surface area contributed by atoms with E-state index < -0.39 is 0 Å². The summed E-state index contributed by atoms with van der Waals surface area (Å²) in [7, 11) is 1.71. The van der Waals surface area contributed by atoms with Crippen LogP contribution in [-0.2, 0) is 0 Å². The van der Waals surface area contributed by atoms with E-state index in [4.69, 9.17) is 0 Å². The van der Waals surface area contributed by atoms with Crippen molar-refractivity contribution in [2.24, 2.45) is 0 Å². The van der Waals surface area contributed by atoms with E-state index in [0.29, 0.717) is 10.3 Å². The zero-order chi connectivity index (χ0) is 14.7. The quantitative estimate of drug-likeness (QED) is 0.798. The van der Waals surface area contributed by atoms with Crippen molar-refractivity contribution in [3.63, 3.8) is 0 Å². The number of carbonyl (C=O) groups is 1. The normalized spacial score (nSPS) is 12.0. The molecule has 1 aromatic carbocycles. The molecule has 1 atom stereocenters. The highest BCUT2D eigenvalue weighted by Gasteiger charge is 2.20. The Kier molecular flexibility index (Phi) is 4.49. The fourth-order valence-corrected chi connectivity index (χ4v) is 2.19. The van der Waals surface area contributed by atoms with Gasteiger partial charge in [0.2, 0.25) is 0 Å². The number of hydrogen-bond acceptors (Lipinski definition) is 2. The molecule has 20 heavy (non-hydrogen) atoms. The predicted octanol–water partition coefficient (Wildman–Crippen LogP) is 3.82. The first-order valence-corrected chi connectivity index (χ1v) is 6.93. The van der Waals surface area contributed by atoms with E-state index in [-0.39, 0.29) is 17.8 Å². The zero-order valence-corrected chi connectivity index (χ0v) is 12.8. The molecule has 1 amide bonds. The fourth-order valence-electron chi connectivity index (χ4n) is 1.85. The molecule has 1 unspecified atom stereocenters. The monoisotopic (exact) mass is 336 g/mol. The Morgan fingerprint density at radius 1 is 1.25 bits per heavy atom. The van der Waals surface area contributed by atoms with E-state index >= 15 is 0 Å². The molecule has 0 aliphatic rings. The van der Waals surface area contributed by atoms with Crippen LogP contribution >= 0.6 is 15.9 Å². The van der Waals surface area contributed by atoms with Gasteiger partial charge in [0.1, 0.15) is 16.1 Å². The molecule has 0 saturated carbocycles. The summed E-state index contributed by atoms with van der Waals surface area (Å²) in [5, 5.41) is 0. The van der Waals surface area contributed by atoms with Gasteiger partial charge in [-0.15, -0.1) is 0 Å². The molecule has 104 valence electrons. The lowest BCUT2D eigenvalue weighted by Crippen LogP contribution is -2.30. The molecular weight excluding hydrogens is 323 g/mol. The van der Waals surface area contributed by atoms with Crippen molar-refractivity contribution in [3.8, 4) is 0 Å². The number of hydrogen-bond donors (Lipinski definition) is 0. The highest BCUT2D eigenvalue weighted by atomic mass is 79.9. The van der Waals surface area contributed by atoms with E-state index in [1.165, 1.54) is 12.1 Å². The first-order chi connectivity index (χ1) is 9.49. The molecule has 0 aliphatic heterocycles. The lowest BCUT2D eigenvalue weighted by atomic mass is 10.1. The number of halogens is 2. The molecule has 0 spiro atoms. The van der Waals surface area contributed by atoms with Crippen molar-refractivity contribution >= 4 is 21.8 Å². The van der Waals surface area contributed by atoms with Gasteiger partial charge in [0.25, 0.3) is 5.91 Å². The maximum atomic E-state index is 12.9. The highest BCUT2D eigenvalue weighted by molar-refractivity contribution is 9.10. The van der Waals surface area contributed by atoms with Crippen LogP contribution in [0.25, 0.3) is 0 Å². The Labute approximate surface area is 125 Å². The van der Waals surface area contributed by atoms with Crippen LogP contribution in [0, 0.1) is 5.82 Å². The van der Waals surface area contributed by atoms with Crippen LogP contribution in [-0.4, -0.2) is 22.8 Å². The van der Waals surface area contributed by atoms with Gasteiger partial charge in [0.05, 0.1) is 6.04 Å². The maximum Gasteiger partial charge on any atom is 0.272 e. The van der Waals surface area contributed by atoms with Gasteiger partial charge in [-0.25, -0.2) is 9.37 Å². The van der Waals surface area contributed by atoms with Crippen LogP contribution < -0.4 is 0 Å². The minimum Gasteiger partial charge on any atom is -0.334 e. The average Bonchev–Trinajstić information content (AvgIpc) is 2.46. The number of benzene rings is 1. The zero-order valence-electron chi connectivity index (χ0n) is 11.2. The molecule has 2 rings (SSSR count). The molecule has 0 radical (unpaired) electrons. The minimum atomic E-state index is -0.288. The van der Waals surface area contributed by atoms with E-state index in [0.717, 1.165) is 5.56 Å². The summed E-state index contributed by atoms with van der Waals surface area (Å²) in [6.45, 7) is 1.89. The second-order valence-corrected chi connectivity index (χ2v) is 5.30. The molecular formula is C15H14BrFN2O. The van der Waals surface area contributed by atoms with Gasteiger partial charge in [-0.2, -0.15) is 0 Å². The van der Waals surface area contributed by atoms with Gasteiger partial charge >= 0.3 is 0 Å². The van der Waals surface area contributed by atoms with E-state index in [1.807, 2.05) is 6.92 Å². The van der Waals surface area contributed by atoms with Crippen molar-refractivity contribution in [2.45, 2.75) is 13.0 Å². The Morgan fingerprint density at radius 3 is 2.50 bits per heavy atom. The van der Waals surface area contributed by atoms with Gasteiger partial charge in [0.15, 0.2) is 0 Å². The van der Waals surface area contributed by atoms with Gasteiger partial charge in [-0.3, -0.25) is 4.79 Å². The topological polar surface area (TPSA) is 33.2 Å². The molecule has 0 N–H and O–H groups in total. The minimum absolute atomic E-state index is 0.163. The molecule has 1 heterocycles. The van der Waals surface area contributed by atoms with Crippen LogP contribution in [0.5, 0.6) is 0 Å². The SMILES string of the molecule is CC(c1ccc(F)cc1)N(C)C(=O)c1cccc(Br)n1. The van der Waals surface area contributed by atoms with Crippen LogP contribution in [0.3, 0.4) is 0 Å². The first kappa shape index (κ1) is 14.7. The summed E-state index contributed by atoms with van der Waals surface area (Å²) in [5.74, 6) is -0.466. The Hall–Kier alpha value is -1.75. The predicted molar refractivity (Wildman–Crippen MR) is 78.8 cm³/mol. The van der Waals surface area contributed by atoms with Gasteiger partial charge < -0.3 is 4.90 Å². The lowest BCUT2D eigenvalue weighted by Gasteiger charge is -2.25. The van der Waals surface area contributed by atoms with Crippen LogP contribution in [0.2, 0.25) is 0 Å². The second kappa shape index (κ2) is 6.13. The highest BCUT2D eigenvalue weighted by Crippen LogP contribution is 2.21. The molecule has 0 aliphatic carbocycles. The third kappa shape index (κ3) is 3.22. The summed E-state index contributed by atoms with van der Waals surface area (Å²) in [6, 6.07) is 11.2. The first-order valence-electron chi connectivity index (χ1n) is 6.14. The van der Waals surface area contributed by atoms with Crippen LogP contribution in [0.1, 0.15) is 29.0 Å². The van der Waals surface area contributed by atoms with E-state index in [9.17, 15) is 9.18 Å². The lowest BCUT2D eigenvalue weighted by molar-refractivity contribution is 0.0736. The second-order valence-electron chi connectivity index (χ2n) is 4.49. The average molecular weight is 337 g/mol. The van der Waals surface area contributed by atoms with Crippen molar-refractivity contribution in [1.82, 2.24) is 9.88 Å². The molecule has 2 aromatic rings.